The van der Waals surface area contributed by atoms with Gasteiger partial charge in [0.15, 0.2) is 0 Å². The van der Waals surface area contributed by atoms with Gasteiger partial charge in [0, 0.05) is 19.6 Å². The Morgan fingerprint density at radius 3 is 2.56 bits per heavy atom. The van der Waals surface area contributed by atoms with Crippen LogP contribution in [0.15, 0.2) is 0 Å². The quantitative estimate of drug-likeness (QED) is 0.741. The molecule has 2 N–H and O–H groups in total. The fourth-order valence-corrected chi connectivity index (χ4v) is 2.18. The molecule has 0 radical (unpaired) electrons. The second-order valence-electron chi connectivity index (χ2n) is 5.62. The van der Waals surface area contributed by atoms with Crippen molar-refractivity contribution in [3.63, 3.8) is 0 Å². The van der Waals surface area contributed by atoms with E-state index < -0.39 is 5.60 Å². The van der Waals surface area contributed by atoms with Crippen molar-refractivity contribution in [2.45, 2.75) is 39.7 Å². The molecule has 1 rings (SSSR count). The molecular formula is C12H24N2O2. The highest BCUT2D eigenvalue weighted by Gasteiger charge is 2.39. The van der Waals surface area contributed by atoms with Crippen LogP contribution in [0.2, 0.25) is 0 Å². The predicted molar refractivity (Wildman–Crippen MR) is 64.1 cm³/mol. The number of carbonyl (C=O) groups excluding carboxylic acids is 1. The first kappa shape index (κ1) is 13.5. The average molecular weight is 228 g/mol. The topological polar surface area (TPSA) is 52.6 Å². The molecule has 1 heterocycles. The number of hydrogen-bond acceptors (Lipinski definition) is 3. The van der Waals surface area contributed by atoms with Gasteiger partial charge in [0.1, 0.15) is 0 Å². The lowest BCUT2D eigenvalue weighted by Crippen LogP contribution is -2.48. The Morgan fingerprint density at radius 2 is 2.19 bits per heavy atom. The first-order valence-electron chi connectivity index (χ1n) is 6.01. The molecule has 4 heteroatoms. The smallest absolute Gasteiger partial charge is 0.229 e. The van der Waals surface area contributed by atoms with Crippen LogP contribution in [-0.2, 0) is 4.79 Å². The Hall–Kier alpha value is -0.610. The van der Waals surface area contributed by atoms with Gasteiger partial charge in [-0.2, -0.15) is 0 Å². The molecule has 0 bridgehead atoms. The molecule has 0 saturated carbocycles. The van der Waals surface area contributed by atoms with E-state index in [2.05, 4.69) is 5.32 Å². The van der Waals surface area contributed by atoms with E-state index >= 15 is 0 Å². The Labute approximate surface area is 98.0 Å². The molecule has 0 aromatic rings. The van der Waals surface area contributed by atoms with Gasteiger partial charge in [0.2, 0.25) is 5.91 Å². The lowest BCUT2D eigenvalue weighted by molar-refractivity contribution is -0.143. The molecule has 1 atom stereocenters. The average Bonchev–Trinajstić information content (AvgIpc) is 2.60. The van der Waals surface area contributed by atoms with E-state index in [9.17, 15) is 9.90 Å². The number of aliphatic hydroxyl groups is 1. The maximum absolute atomic E-state index is 12.4. The Kier molecular flexibility index (Phi) is 3.97. The second-order valence-corrected chi connectivity index (χ2v) is 5.62. The molecule has 1 amide bonds. The van der Waals surface area contributed by atoms with Crippen molar-refractivity contribution >= 4 is 5.91 Å². The third kappa shape index (κ3) is 3.19. The van der Waals surface area contributed by atoms with Crippen LogP contribution in [-0.4, -0.2) is 47.7 Å². The highest BCUT2D eigenvalue weighted by molar-refractivity contribution is 5.83. The summed E-state index contributed by atoms with van der Waals surface area (Å²) in [7, 11) is 0. The van der Waals surface area contributed by atoms with Gasteiger partial charge in [-0.3, -0.25) is 4.79 Å². The maximum atomic E-state index is 12.4. The lowest BCUT2D eigenvalue weighted by atomic mass is 9.87. The van der Waals surface area contributed by atoms with Crippen molar-refractivity contribution in [2.75, 3.05) is 26.2 Å². The Bertz CT molecular complexity index is 252. The summed E-state index contributed by atoms with van der Waals surface area (Å²) >= 11 is 0. The van der Waals surface area contributed by atoms with Gasteiger partial charge < -0.3 is 15.3 Å². The van der Waals surface area contributed by atoms with Crippen molar-refractivity contribution in [2.24, 2.45) is 5.41 Å². The number of likely N-dealkylation sites (N-methyl/N-ethyl adjacent to an activating group) is 1. The summed E-state index contributed by atoms with van der Waals surface area (Å²) in [6.07, 6.45) is 0.883. The van der Waals surface area contributed by atoms with E-state index in [1.165, 1.54) is 0 Å². The van der Waals surface area contributed by atoms with Gasteiger partial charge in [0.25, 0.3) is 0 Å². The molecule has 1 aliphatic heterocycles. The van der Waals surface area contributed by atoms with Crippen LogP contribution in [0.4, 0.5) is 0 Å². The van der Waals surface area contributed by atoms with Crippen LogP contribution in [0.25, 0.3) is 0 Å². The second kappa shape index (κ2) is 4.72. The molecule has 0 aromatic carbocycles. The monoisotopic (exact) mass is 228 g/mol. The zero-order valence-corrected chi connectivity index (χ0v) is 10.8. The molecule has 0 spiro atoms. The zero-order chi connectivity index (χ0) is 12.4. The van der Waals surface area contributed by atoms with E-state index in [4.69, 9.17) is 0 Å². The standard InChI is InChI=1S/C12H24N2O2/c1-5-14(9-11(2,3)16)10(15)12(4)6-7-13-8-12/h13,16H,5-9H2,1-4H3. The predicted octanol–water partition coefficient (Wildman–Crippen LogP) is 0.605. The molecule has 4 nitrogen and oxygen atoms in total. The van der Waals surface area contributed by atoms with Crippen LogP contribution >= 0.6 is 0 Å². The summed E-state index contributed by atoms with van der Waals surface area (Å²) < 4.78 is 0. The lowest BCUT2D eigenvalue weighted by Gasteiger charge is -2.34. The maximum Gasteiger partial charge on any atom is 0.229 e. The van der Waals surface area contributed by atoms with Gasteiger partial charge >= 0.3 is 0 Å². The van der Waals surface area contributed by atoms with Crippen LogP contribution in [0, 0.1) is 5.41 Å². The van der Waals surface area contributed by atoms with E-state index in [1.807, 2.05) is 13.8 Å². The summed E-state index contributed by atoms with van der Waals surface area (Å²) in [5.41, 5.74) is -1.12. The number of nitrogens with zero attached hydrogens (tertiary/aromatic N) is 1. The van der Waals surface area contributed by atoms with Gasteiger partial charge in [-0.15, -0.1) is 0 Å². The zero-order valence-electron chi connectivity index (χ0n) is 10.8. The highest BCUT2D eigenvalue weighted by Crippen LogP contribution is 2.27. The molecule has 94 valence electrons. The van der Waals surface area contributed by atoms with Gasteiger partial charge in [-0.05, 0) is 40.7 Å². The van der Waals surface area contributed by atoms with Crippen molar-refractivity contribution in [3.05, 3.63) is 0 Å². The van der Waals surface area contributed by atoms with Crippen LogP contribution < -0.4 is 5.32 Å². The number of amides is 1. The van der Waals surface area contributed by atoms with Gasteiger partial charge in [-0.25, -0.2) is 0 Å². The van der Waals surface area contributed by atoms with Crippen molar-refractivity contribution in [1.29, 1.82) is 0 Å². The third-order valence-corrected chi connectivity index (χ3v) is 3.13. The molecule has 0 aromatic heterocycles. The highest BCUT2D eigenvalue weighted by atomic mass is 16.3. The Balaban J connectivity index is 2.69. The van der Waals surface area contributed by atoms with Crippen LogP contribution in [0.5, 0.6) is 0 Å². The third-order valence-electron chi connectivity index (χ3n) is 3.13. The molecule has 1 unspecified atom stereocenters. The van der Waals surface area contributed by atoms with Crippen molar-refractivity contribution < 1.29 is 9.90 Å². The van der Waals surface area contributed by atoms with E-state index in [-0.39, 0.29) is 11.3 Å². The summed E-state index contributed by atoms with van der Waals surface area (Å²) in [5.74, 6) is 0.155. The van der Waals surface area contributed by atoms with E-state index in [1.54, 1.807) is 18.7 Å². The molecule has 1 fully saturated rings. The fraction of sp³-hybridized carbons (Fsp3) is 0.917. The minimum atomic E-state index is -0.825. The number of carbonyl (C=O) groups is 1. The molecule has 1 saturated heterocycles. The van der Waals surface area contributed by atoms with Crippen LogP contribution in [0.1, 0.15) is 34.1 Å². The number of hydrogen-bond donors (Lipinski definition) is 2. The minimum absolute atomic E-state index is 0.155. The van der Waals surface area contributed by atoms with Gasteiger partial charge in [0.05, 0.1) is 11.0 Å². The SMILES string of the molecule is CCN(CC(C)(C)O)C(=O)C1(C)CCNC1. The first-order chi connectivity index (χ1) is 7.28. The largest absolute Gasteiger partial charge is 0.389 e. The molecule has 1 aliphatic rings. The van der Waals surface area contributed by atoms with Crippen molar-refractivity contribution in [3.8, 4) is 0 Å². The minimum Gasteiger partial charge on any atom is -0.389 e. The normalized spacial score (nSPS) is 25.8. The molecule has 0 aliphatic carbocycles. The summed E-state index contributed by atoms with van der Waals surface area (Å²) in [6, 6.07) is 0. The molecular weight excluding hydrogens is 204 g/mol. The van der Waals surface area contributed by atoms with E-state index in [0.717, 1.165) is 19.5 Å². The summed E-state index contributed by atoms with van der Waals surface area (Å²) in [5, 5.41) is 13.0. The van der Waals surface area contributed by atoms with E-state index in [0.29, 0.717) is 13.1 Å². The Morgan fingerprint density at radius 1 is 1.56 bits per heavy atom. The fourth-order valence-electron chi connectivity index (χ4n) is 2.18. The van der Waals surface area contributed by atoms with Gasteiger partial charge in [-0.1, -0.05) is 0 Å². The number of rotatable bonds is 4. The number of nitrogens with one attached hydrogen (secondary N) is 1. The van der Waals surface area contributed by atoms with Crippen molar-refractivity contribution in [1.82, 2.24) is 10.2 Å². The first-order valence-corrected chi connectivity index (χ1v) is 6.01. The molecule has 16 heavy (non-hydrogen) atoms. The summed E-state index contributed by atoms with van der Waals surface area (Å²) in [6.45, 7) is 10.1. The van der Waals surface area contributed by atoms with Crippen LogP contribution in [0.3, 0.4) is 0 Å². The summed E-state index contributed by atoms with van der Waals surface area (Å²) in [4.78, 5) is 14.1.